The Kier molecular flexibility index (Phi) is 5.27. The van der Waals surface area contributed by atoms with Gasteiger partial charge in [0, 0.05) is 37.4 Å². The maximum atomic E-state index is 12.8. The Bertz CT molecular complexity index is 734. The van der Waals surface area contributed by atoms with Crippen molar-refractivity contribution >= 4 is 11.6 Å². The first-order chi connectivity index (χ1) is 12.0. The molecule has 132 valence electrons. The molecule has 2 aromatic rings. The molecule has 0 aliphatic carbocycles. The lowest BCUT2D eigenvalue weighted by Crippen LogP contribution is -2.49. The van der Waals surface area contributed by atoms with E-state index in [2.05, 4.69) is 36.1 Å². The van der Waals surface area contributed by atoms with Crippen LogP contribution in [0.4, 0.5) is 5.69 Å². The Hall–Kier alpha value is -2.49. The number of amides is 1. The van der Waals surface area contributed by atoms with Gasteiger partial charge < -0.3 is 14.5 Å². The molecular weight excluding hydrogens is 312 g/mol. The molecule has 3 rings (SSSR count). The number of piperazine rings is 1. The minimum Gasteiger partial charge on any atom is -0.491 e. The van der Waals surface area contributed by atoms with Crippen molar-refractivity contribution in [3.8, 4) is 5.75 Å². The second-order valence-electron chi connectivity index (χ2n) is 6.76. The van der Waals surface area contributed by atoms with Gasteiger partial charge in [-0.1, -0.05) is 24.3 Å². The van der Waals surface area contributed by atoms with Gasteiger partial charge in [-0.05, 0) is 50.6 Å². The van der Waals surface area contributed by atoms with E-state index in [4.69, 9.17) is 4.74 Å². The predicted molar refractivity (Wildman–Crippen MR) is 102 cm³/mol. The summed E-state index contributed by atoms with van der Waals surface area (Å²) in [5.41, 5.74) is 3.24. The lowest BCUT2D eigenvalue weighted by Gasteiger charge is -2.36. The molecule has 0 spiro atoms. The van der Waals surface area contributed by atoms with Gasteiger partial charge in [-0.2, -0.15) is 0 Å². The van der Waals surface area contributed by atoms with Crippen LogP contribution in [-0.2, 0) is 0 Å². The van der Waals surface area contributed by atoms with Crippen molar-refractivity contribution in [3.63, 3.8) is 0 Å². The number of benzene rings is 2. The second kappa shape index (κ2) is 7.60. The van der Waals surface area contributed by atoms with Crippen LogP contribution in [0.3, 0.4) is 0 Å². The minimum absolute atomic E-state index is 0.0821. The molecular formula is C21H26N2O2. The summed E-state index contributed by atoms with van der Waals surface area (Å²) in [6.45, 7) is 9.30. The van der Waals surface area contributed by atoms with E-state index in [0.29, 0.717) is 5.56 Å². The van der Waals surface area contributed by atoms with E-state index in [1.165, 1.54) is 11.3 Å². The summed E-state index contributed by atoms with van der Waals surface area (Å²) in [6.07, 6.45) is 0.100. The number of ether oxygens (including phenoxy) is 1. The number of aryl methyl sites for hydroxylation is 1. The average Bonchev–Trinajstić information content (AvgIpc) is 2.61. The number of carbonyl (C=O) groups is 1. The number of carbonyl (C=O) groups excluding carboxylic acids is 1. The first-order valence-corrected chi connectivity index (χ1v) is 8.91. The van der Waals surface area contributed by atoms with Crippen molar-refractivity contribution in [2.75, 3.05) is 31.1 Å². The molecule has 0 bridgehead atoms. The summed E-state index contributed by atoms with van der Waals surface area (Å²) < 4.78 is 5.70. The molecule has 25 heavy (non-hydrogen) atoms. The zero-order valence-corrected chi connectivity index (χ0v) is 15.2. The fraction of sp³-hybridized carbons (Fsp3) is 0.381. The lowest BCUT2D eigenvalue weighted by molar-refractivity contribution is 0.0746. The smallest absolute Gasteiger partial charge is 0.254 e. The molecule has 0 radical (unpaired) electrons. The van der Waals surface area contributed by atoms with Gasteiger partial charge in [0.2, 0.25) is 0 Å². The van der Waals surface area contributed by atoms with Crippen molar-refractivity contribution < 1.29 is 9.53 Å². The van der Waals surface area contributed by atoms with Gasteiger partial charge in [-0.3, -0.25) is 4.79 Å². The summed E-state index contributed by atoms with van der Waals surface area (Å²) in [6, 6.07) is 15.9. The Labute approximate surface area is 150 Å². The normalized spacial score (nSPS) is 14.7. The molecule has 0 aromatic heterocycles. The monoisotopic (exact) mass is 338 g/mol. The highest BCUT2D eigenvalue weighted by molar-refractivity contribution is 5.94. The first-order valence-electron chi connectivity index (χ1n) is 8.91. The van der Waals surface area contributed by atoms with Gasteiger partial charge in [0.25, 0.3) is 5.91 Å². The SMILES string of the molecule is Cc1ccccc1N1CCN(C(=O)c2cccc(OC(C)C)c2)CC1. The maximum absolute atomic E-state index is 12.8. The molecule has 1 saturated heterocycles. The van der Waals surface area contributed by atoms with Gasteiger partial charge in [0.1, 0.15) is 5.75 Å². The molecule has 2 aromatic carbocycles. The third-order valence-electron chi connectivity index (χ3n) is 4.48. The van der Waals surface area contributed by atoms with Crippen molar-refractivity contribution in [1.82, 2.24) is 4.90 Å². The number of nitrogens with zero attached hydrogens (tertiary/aromatic N) is 2. The van der Waals surface area contributed by atoms with E-state index in [1.807, 2.05) is 43.0 Å². The fourth-order valence-corrected chi connectivity index (χ4v) is 3.23. The van der Waals surface area contributed by atoms with Crippen LogP contribution in [0.1, 0.15) is 29.8 Å². The number of anilines is 1. The zero-order chi connectivity index (χ0) is 17.8. The first kappa shape index (κ1) is 17.3. The third kappa shape index (κ3) is 4.13. The molecule has 0 atom stereocenters. The predicted octanol–water partition coefficient (Wildman–Crippen LogP) is 3.74. The summed E-state index contributed by atoms with van der Waals surface area (Å²) in [5.74, 6) is 0.832. The highest BCUT2D eigenvalue weighted by Crippen LogP contribution is 2.22. The van der Waals surface area contributed by atoms with E-state index in [9.17, 15) is 4.79 Å². The molecule has 1 heterocycles. The van der Waals surface area contributed by atoms with E-state index in [0.717, 1.165) is 31.9 Å². The lowest BCUT2D eigenvalue weighted by atomic mass is 10.1. The molecule has 0 N–H and O–H groups in total. The Balaban J connectivity index is 1.65. The van der Waals surface area contributed by atoms with E-state index in [-0.39, 0.29) is 12.0 Å². The molecule has 0 saturated carbocycles. The van der Waals surface area contributed by atoms with Crippen LogP contribution in [0.25, 0.3) is 0 Å². The standard InChI is InChI=1S/C21H26N2O2/c1-16(2)25-19-9-6-8-18(15-19)21(24)23-13-11-22(12-14-23)20-10-5-4-7-17(20)3/h4-10,15-16H,11-14H2,1-3H3. The number of para-hydroxylation sites is 1. The molecule has 1 fully saturated rings. The van der Waals surface area contributed by atoms with E-state index < -0.39 is 0 Å². The Morgan fingerprint density at radius 3 is 2.40 bits per heavy atom. The van der Waals surface area contributed by atoms with Crippen molar-refractivity contribution in [3.05, 3.63) is 59.7 Å². The van der Waals surface area contributed by atoms with Gasteiger partial charge in [0.15, 0.2) is 0 Å². The second-order valence-corrected chi connectivity index (χ2v) is 6.76. The van der Waals surface area contributed by atoms with Crippen LogP contribution >= 0.6 is 0 Å². The van der Waals surface area contributed by atoms with Gasteiger partial charge in [0.05, 0.1) is 6.10 Å². The number of rotatable bonds is 4. The van der Waals surface area contributed by atoms with Gasteiger partial charge >= 0.3 is 0 Å². The number of hydrogen-bond donors (Lipinski definition) is 0. The molecule has 1 amide bonds. The van der Waals surface area contributed by atoms with E-state index in [1.54, 1.807) is 0 Å². The highest BCUT2D eigenvalue weighted by Gasteiger charge is 2.23. The van der Waals surface area contributed by atoms with Crippen LogP contribution in [0.5, 0.6) is 5.75 Å². The van der Waals surface area contributed by atoms with Gasteiger partial charge in [-0.15, -0.1) is 0 Å². The summed E-state index contributed by atoms with van der Waals surface area (Å²) >= 11 is 0. The topological polar surface area (TPSA) is 32.8 Å². The molecule has 1 aliphatic rings. The summed E-state index contributed by atoms with van der Waals surface area (Å²) in [7, 11) is 0. The van der Waals surface area contributed by atoms with Crippen molar-refractivity contribution in [2.24, 2.45) is 0 Å². The Morgan fingerprint density at radius 1 is 1.00 bits per heavy atom. The van der Waals surface area contributed by atoms with E-state index >= 15 is 0 Å². The summed E-state index contributed by atoms with van der Waals surface area (Å²) in [5, 5.41) is 0. The van der Waals surface area contributed by atoms with Crippen LogP contribution in [0.2, 0.25) is 0 Å². The molecule has 1 aliphatic heterocycles. The van der Waals surface area contributed by atoms with Crippen molar-refractivity contribution in [2.45, 2.75) is 26.9 Å². The highest BCUT2D eigenvalue weighted by atomic mass is 16.5. The van der Waals surface area contributed by atoms with Crippen LogP contribution in [0.15, 0.2) is 48.5 Å². The zero-order valence-electron chi connectivity index (χ0n) is 15.2. The van der Waals surface area contributed by atoms with Gasteiger partial charge in [-0.25, -0.2) is 0 Å². The average molecular weight is 338 g/mol. The molecule has 4 nitrogen and oxygen atoms in total. The van der Waals surface area contributed by atoms with Crippen LogP contribution < -0.4 is 9.64 Å². The minimum atomic E-state index is 0.0821. The molecule has 4 heteroatoms. The maximum Gasteiger partial charge on any atom is 0.254 e. The van der Waals surface area contributed by atoms with Crippen molar-refractivity contribution in [1.29, 1.82) is 0 Å². The quantitative estimate of drug-likeness (QED) is 0.851. The largest absolute Gasteiger partial charge is 0.491 e. The summed E-state index contributed by atoms with van der Waals surface area (Å²) in [4.78, 5) is 17.1. The fourth-order valence-electron chi connectivity index (χ4n) is 3.23. The Morgan fingerprint density at radius 2 is 1.72 bits per heavy atom. The molecule has 0 unspecified atom stereocenters. The van der Waals surface area contributed by atoms with Crippen LogP contribution in [-0.4, -0.2) is 43.1 Å². The number of hydrogen-bond acceptors (Lipinski definition) is 3. The van der Waals surface area contributed by atoms with Crippen LogP contribution in [0, 0.1) is 6.92 Å². The third-order valence-corrected chi connectivity index (χ3v) is 4.48.